The Hall–Kier alpha value is -1.65. The number of likely N-dealkylation sites (tertiary alicyclic amines) is 1. The van der Waals surface area contributed by atoms with Crippen molar-refractivity contribution in [2.24, 2.45) is 5.92 Å². The van der Waals surface area contributed by atoms with Crippen LogP contribution < -0.4 is 0 Å². The third-order valence-electron chi connectivity index (χ3n) is 4.93. The molecule has 4 heteroatoms. The van der Waals surface area contributed by atoms with Gasteiger partial charge in [0.15, 0.2) is 0 Å². The average Bonchev–Trinajstić information content (AvgIpc) is 3.18. The Kier molecular flexibility index (Phi) is 4.83. The monoisotopic (exact) mass is 314 g/mol. The molecule has 1 aliphatic heterocycles. The molecule has 23 heavy (non-hydrogen) atoms. The molecule has 0 unspecified atom stereocenters. The second-order valence-electron chi connectivity index (χ2n) is 7.00. The minimum atomic E-state index is -0.786. The van der Waals surface area contributed by atoms with Crippen molar-refractivity contribution < 1.29 is 9.90 Å². The topological polar surface area (TPSA) is 43.8 Å². The molecule has 1 N–H and O–H groups in total. The molecule has 0 spiro atoms. The van der Waals surface area contributed by atoms with Gasteiger partial charge in [-0.1, -0.05) is 42.5 Å². The van der Waals surface area contributed by atoms with Gasteiger partial charge in [0, 0.05) is 32.6 Å². The number of amides is 1. The van der Waals surface area contributed by atoms with Gasteiger partial charge >= 0.3 is 0 Å². The lowest BCUT2D eigenvalue weighted by molar-refractivity contribution is -0.136. The summed E-state index contributed by atoms with van der Waals surface area (Å²) in [6.45, 7) is 2.78. The number of carbonyl (C=O) groups excluding carboxylic acids is 1. The summed E-state index contributed by atoms with van der Waals surface area (Å²) in [4.78, 5) is 16.4. The number of hydrogen-bond donors (Lipinski definition) is 1. The highest BCUT2D eigenvalue weighted by molar-refractivity contribution is 5.79. The summed E-state index contributed by atoms with van der Waals surface area (Å²) in [5.74, 6) is 0.232. The van der Waals surface area contributed by atoms with Crippen molar-refractivity contribution in [2.45, 2.75) is 31.4 Å². The molecule has 0 bridgehead atoms. The first-order valence-corrected chi connectivity index (χ1v) is 8.44. The highest BCUT2D eigenvalue weighted by atomic mass is 16.3. The Labute approximate surface area is 138 Å². The quantitative estimate of drug-likeness (QED) is 0.846. The minimum absolute atomic E-state index is 0.0745. The number of aliphatic hydroxyl groups is 1. The number of β-amino-alcohol motifs (C(OH)–C–C–N with tert-alkyl or cyclic N) is 1. The van der Waals surface area contributed by atoms with E-state index < -0.39 is 5.60 Å². The smallest absolute Gasteiger partial charge is 0.226 e. The van der Waals surface area contributed by atoms with Gasteiger partial charge in [-0.3, -0.25) is 9.69 Å². The van der Waals surface area contributed by atoms with Crippen LogP contribution in [0.3, 0.4) is 0 Å². The van der Waals surface area contributed by atoms with Gasteiger partial charge in [0.1, 0.15) is 0 Å². The number of hydrogen-bond acceptors (Lipinski definition) is 3. The molecule has 3 rings (SSSR count). The number of rotatable bonds is 5. The molecule has 1 saturated heterocycles. The normalized spacial score (nSPS) is 25.1. The molecule has 1 atom stereocenters. The highest BCUT2D eigenvalue weighted by Gasteiger charge is 2.38. The predicted octanol–water partition coefficient (Wildman–Crippen LogP) is 2.05. The SMILES string of the molecule is CN(C[C@]1(O)CCN(Cc2ccccc2)C1)C(=O)C1CC=CC1. The van der Waals surface area contributed by atoms with E-state index in [9.17, 15) is 9.90 Å². The standard InChI is InChI=1S/C19H26N2O2/c1-20(18(22)17-9-5-6-10-17)14-19(23)11-12-21(15-19)13-16-7-3-2-4-8-16/h2-8,17,23H,9-15H2,1H3/t19-/m1/s1. The van der Waals surface area contributed by atoms with Crippen molar-refractivity contribution in [1.82, 2.24) is 9.80 Å². The molecule has 4 nitrogen and oxygen atoms in total. The fraction of sp³-hybridized carbons (Fsp3) is 0.526. The molecule has 0 radical (unpaired) electrons. The lowest BCUT2D eigenvalue weighted by Gasteiger charge is -2.30. The fourth-order valence-corrected chi connectivity index (χ4v) is 3.70. The lowest BCUT2D eigenvalue weighted by atomic mass is 10.0. The van der Waals surface area contributed by atoms with Crippen molar-refractivity contribution in [3.63, 3.8) is 0 Å². The van der Waals surface area contributed by atoms with Gasteiger partial charge in [-0.2, -0.15) is 0 Å². The van der Waals surface area contributed by atoms with Gasteiger partial charge in [0.25, 0.3) is 0 Å². The van der Waals surface area contributed by atoms with E-state index in [1.807, 2.05) is 25.2 Å². The maximum atomic E-state index is 12.4. The summed E-state index contributed by atoms with van der Waals surface area (Å²) in [7, 11) is 1.82. The van der Waals surface area contributed by atoms with Crippen LogP contribution in [0.1, 0.15) is 24.8 Å². The van der Waals surface area contributed by atoms with E-state index >= 15 is 0 Å². The van der Waals surface area contributed by atoms with Crippen LogP contribution in [0.25, 0.3) is 0 Å². The van der Waals surface area contributed by atoms with Gasteiger partial charge in [0.2, 0.25) is 5.91 Å². The van der Waals surface area contributed by atoms with Crippen LogP contribution in [0.15, 0.2) is 42.5 Å². The number of likely N-dealkylation sites (N-methyl/N-ethyl adjacent to an activating group) is 1. The first-order valence-electron chi connectivity index (χ1n) is 8.44. The minimum Gasteiger partial charge on any atom is -0.387 e. The highest BCUT2D eigenvalue weighted by Crippen LogP contribution is 2.26. The molecule has 1 heterocycles. The Morgan fingerprint density at radius 1 is 1.30 bits per heavy atom. The lowest BCUT2D eigenvalue weighted by Crippen LogP contribution is -2.47. The largest absolute Gasteiger partial charge is 0.387 e. The summed E-state index contributed by atoms with van der Waals surface area (Å²) in [6, 6.07) is 10.3. The predicted molar refractivity (Wildman–Crippen MR) is 90.8 cm³/mol. The maximum Gasteiger partial charge on any atom is 0.226 e. The van der Waals surface area contributed by atoms with E-state index in [0.29, 0.717) is 13.1 Å². The molecule has 124 valence electrons. The van der Waals surface area contributed by atoms with Crippen LogP contribution >= 0.6 is 0 Å². The van der Waals surface area contributed by atoms with Crippen molar-refractivity contribution in [1.29, 1.82) is 0 Å². The molecule has 1 amide bonds. The zero-order chi connectivity index (χ0) is 16.3. The Bertz CT molecular complexity index is 564. The summed E-state index contributed by atoms with van der Waals surface area (Å²) in [6.07, 6.45) is 6.54. The second-order valence-corrected chi connectivity index (χ2v) is 7.00. The fourth-order valence-electron chi connectivity index (χ4n) is 3.70. The number of allylic oxidation sites excluding steroid dienone is 2. The van der Waals surface area contributed by atoms with Gasteiger partial charge in [-0.15, -0.1) is 0 Å². The summed E-state index contributed by atoms with van der Waals surface area (Å²) < 4.78 is 0. The Morgan fingerprint density at radius 2 is 2.00 bits per heavy atom. The molecule has 1 aromatic carbocycles. The number of carbonyl (C=O) groups is 1. The van der Waals surface area contributed by atoms with E-state index in [4.69, 9.17) is 0 Å². The zero-order valence-corrected chi connectivity index (χ0v) is 13.8. The van der Waals surface area contributed by atoms with Crippen LogP contribution in [0.4, 0.5) is 0 Å². The molecule has 2 aliphatic rings. The van der Waals surface area contributed by atoms with Crippen molar-refractivity contribution in [3.8, 4) is 0 Å². The summed E-state index contributed by atoms with van der Waals surface area (Å²) in [5, 5.41) is 10.9. The molecule has 1 aliphatic carbocycles. The second kappa shape index (κ2) is 6.85. The van der Waals surface area contributed by atoms with E-state index in [-0.39, 0.29) is 11.8 Å². The Morgan fingerprint density at radius 3 is 2.70 bits per heavy atom. The molecule has 0 aromatic heterocycles. The van der Waals surface area contributed by atoms with E-state index in [2.05, 4.69) is 29.2 Å². The van der Waals surface area contributed by atoms with Gasteiger partial charge in [0.05, 0.1) is 12.1 Å². The third-order valence-corrected chi connectivity index (χ3v) is 4.93. The van der Waals surface area contributed by atoms with Crippen LogP contribution in [-0.2, 0) is 11.3 Å². The van der Waals surface area contributed by atoms with Crippen molar-refractivity contribution in [2.75, 3.05) is 26.7 Å². The average molecular weight is 314 g/mol. The van der Waals surface area contributed by atoms with Crippen molar-refractivity contribution >= 4 is 5.91 Å². The van der Waals surface area contributed by atoms with Crippen LogP contribution in [0.5, 0.6) is 0 Å². The van der Waals surface area contributed by atoms with Crippen LogP contribution in [0.2, 0.25) is 0 Å². The molecule has 1 aromatic rings. The van der Waals surface area contributed by atoms with Crippen LogP contribution in [0, 0.1) is 5.92 Å². The summed E-state index contributed by atoms with van der Waals surface area (Å²) >= 11 is 0. The summed E-state index contributed by atoms with van der Waals surface area (Å²) in [5.41, 5.74) is 0.476. The zero-order valence-electron chi connectivity index (χ0n) is 13.8. The molecule has 1 fully saturated rings. The van der Waals surface area contributed by atoms with Gasteiger partial charge < -0.3 is 10.0 Å². The van der Waals surface area contributed by atoms with Gasteiger partial charge in [-0.05, 0) is 24.8 Å². The van der Waals surface area contributed by atoms with Gasteiger partial charge in [-0.25, -0.2) is 0 Å². The van der Waals surface area contributed by atoms with Crippen LogP contribution in [-0.4, -0.2) is 53.1 Å². The molecule has 0 saturated carbocycles. The van der Waals surface area contributed by atoms with Crippen molar-refractivity contribution in [3.05, 3.63) is 48.0 Å². The first kappa shape index (κ1) is 16.2. The van der Waals surface area contributed by atoms with E-state index in [1.54, 1.807) is 4.90 Å². The Balaban J connectivity index is 1.52. The molecular weight excluding hydrogens is 288 g/mol. The maximum absolute atomic E-state index is 12.4. The van der Waals surface area contributed by atoms with E-state index in [0.717, 1.165) is 32.4 Å². The third kappa shape index (κ3) is 4.01. The number of nitrogens with zero attached hydrogens (tertiary/aromatic N) is 2. The first-order chi connectivity index (χ1) is 11.1. The molecular formula is C19H26N2O2. The van der Waals surface area contributed by atoms with E-state index in [1.165, 1.54) is 5.56 Å². The number of benzene rings is 1.